The van der Waals surface area contributed by atoms with Crippen molar-refractivity contribution in [1.82, 2.24) is 9.97 Å². The maximum Gasteiger partial charge on any atom is 0.348 e. The second kappa shape index (κ2) is 7.25. The summed E-state index contributed by atoms with van der Waals surface area (Å²) in [4.78, 5) is 32.7. The van der Waals surface area contributed by atoms with Crippen LogP contribution in [0.4, 0.5) is 10.1 Å². The molecule has 0 bridgehead atoms. The SMILES string of the molecule is CCOC(=O)c1sc2nc([C@@H](C)Nc3ccc(F)cc3)[nH]c(=O)c2c1C. The van der Waals surface area contributed by atoms with Gasteiger partial charge in [-0.05, 0) is 50.6 Å². The largest absolute Gasteiger partial charge is 0.462 e. The molecule has 2 heterocycles. The molecule has 136 valence electrons. The van der Waals surface area contributed by atoms with E-state index in [9.17, 15) is 14.0 Å². The molecule has 6 nitrogen and oxygen atoms in total. The number of hydrogen-bond donors (Lipinski definition) is 2. The zero-order valence-corrected chi connectivity index (χ0v) is 15.4. The summed E-state index contributed by atoms with van der Waals surface area (Å²) >= 11 is 1.14. The summed E-state index contributed by atoms with van der Waals surface area (Å²) in [7, 11) is 0. The normalized spacial score (nSPS) is 12.2. The van der Waals surface area contributed by atoms with E-state index < -0.39 is 5.97 Å². The molecule has 0 aliphatic rings. The number of halogens is 1. The first-order valence-corrected chi connectivity index (χ1v) is 8.95. The maximum atomic E-state index is 13.0. The highest BCUT2D eigenvalue weighted by Crippen LogP contribution is 2.28. The van der Waals surface area contributed by atoms with Crippen LogP contribution >= 0.6 is 11.3 Å². The summed E-state index contributed by atoms with van der Waals surface area (Å²) < 4.78 is 18.0. The molecule has 0 fully saturated rings. The third kappa shape index (κ3) is 3.45. The van der Waals surface area contributed by atoms with E-state index in [1.54, 1.807) is 26.0 Å². The van der Waals surface area contributed by atoms with Crippen molar-refractivity contribution in [1.29, 1.82) is 0 Å². The van der Waals surface area contributed by atoms with E-state index in [0.29, 0.717) is 32.2 Å². The number of aromatic amines is 1. The molecule has 0 spiro atoms. The van der Waals surface area contributed by atoms with Crippen molar-refractivity contribution >= 4 is 33.2 Å². The van der Waals surface area contributed by atoms with Gasteiger partial charge in [0.25, 0.3) is 5.56 Å². The number of anilines is 1. The van der Waals surface area contributed by atoms with E-state index in [1.807, 2.05) is 6.92 Å². The molecule has 0 unspecified atom stereocenters. The number of aryl methyl sites for hydroxylation is 1. The molecule has 26 heavy (non-hydrogen) atoms. The van der Waals surface area contributed by atoms with Crippen LogP contribution in [-0.2, 0) is 4.74 Å². The highest BCUT2D eigenvalue weighted by Gasteiger charge is 2.21. The Labute approximate surface area is 153 Å². The number of carbonyl (C=O) groups excluding carboxylic acids is 1. The van der Waals surface area contributed by atoms with E-state index >= 15 is 0 Å². The van der Waals surface area contributed by atoms with Crippen molar-refractivity contribution in [3.63, 3.8) is 0 Å². The average molecular weight is 375 g/mol. The van der Waals surface area contributed by atoms with Crippen LogP contribution in [0.15, 0.2) is 29.1 Å². The molecule has 3 aromatic rings. The first-order chi connectivity index (χ1) is 12.4. The molecular formula is C18H18FN3O3S. The summed E-state index contributed by atoms with van der Waals surface area (Å²) in [6.07, 6.45) is 0. The number of carbonyl (C=O) groups is 1. The van der Waals surface area contributed by atoms with Gasteiger partial charge in [0.2, 0.25) is 0 Å². The zero-order valence-electron chi connectivity index (χ0n) is 14.6. The lowest BCUT2D eigenvalue weighted by molar-refractivity contribution is 0.0531. The maximum absolute atomic E-state index is 13.0. The molecule has 3 rings (SSSR count). The molecule has 0 saturated carbocycles. The minimum atomic E-state index is -0.452. The quantitative estimate of drug-likeness (QED) is 0.663. The average Bonchev–Trinajstić information content (AvgIpc) is 2.94. The second-order valence-electron chi connectivity index (χ2n) is 5.78. The van der Waals surface area contributed by atoms with Gasteiger partial charge in [-0.2, -0.15) is 0 Å². The predicted octanol–water partition coefficient (Wildman–Crippen LogP) is 3.78. The zero-order chi connectivity index (χ0) is 18.8. The van der Waals surface area contributed by atoms with Crippen LogP contribution in [0, 0.1) is 12.7 Å². The van der Waals surface area contributed by atoms with E-state index in [0.717, 1.165) is 11.3 Å². The van der Waals surface area contributed by atoms with Crippen LogP contribution in [-0.4, -0.2) is 22.5 Å². The molecule has 2 N–H and O–H groups in total. The number of benzene rings is 1. The Balaban J connectivity index is 1.96. The number of nitrogens with zero attached hydrogens (tertiary/aromatic N) is 1. The van der Waals surface area contributed by atoms with Gasteiger partial charge in [-0.1, -0.05) is 0 Å². The molecular weight excluding hydrogens is 357 g/mol. The predicted molar refractivity (Wildman–Crippen MR) is 99.4 cm³/mol. The van der Waals surface area contributed by atoms with Gasteiger partial charge in [-0.3, -0.25) is 4.79 Å². The van der Waals surface area contributed by atoms with E-state index in [1.165, 1.54) is 12.1 Å². The van der Waals surface area contributed by atoms with Crippen molar-refractivity contribution in [3.8, 4) is 0 Å². The fourth-order valence-electron chi connectivity index (χ4n) is 2.62. The summed E-state index contributed by atoms with van der Waals surface area (Å²) in [5.41, 5.74) is 0.973. The lowest BCUT2D eigenvalue weighted by Gasteiger charge is -2.14. The van der Waals surface area contributed by atoms with Crippen molar-refractivity contribution < 1.29 is 13.9 Å². The number of ether oxygens (including phenoxy) is 1. The molecule has 0 radical (unpaired) electrons. The molecule has 8 heteroatoms. The summed E-state index contributed by atoms with van der Waals surface area (Å²) in [6.45, 7) is 5.54. The van der Waals surface area contributed by atoms with Gasteiger partial charge in [-0.15, -0.1) is 11.3 Å². The fourth-order valence-corrected chi connectivity index (χ4v) is 3.70. The van der Waals surface area contributed by atoms with E-state index in [2.05, 4.69) is 15.3 Å². The van der Waals surface area contributed by atoms with Gasteiger partial charge >= 0.3 is 5.97 Å². The Bertz CT molecular complexity index is 1010. The number of nitrogens with one attached hydrogen (secondary N) is 2. The minimum Gasteiger partial charge on any atom is -0.462 e. The monoisotopic (exact) mass is 375 g/mol. The van der Waals surface area contributed by atoms with Crippen molar-refractivity contribution in [2.24, 2.45) is 0 Å². The second-order valence-corrected chi connectivity index (χ2v) is 6.78. The number of thiophene rings is 1. The van der Waals surface area contributed by atoms with E-state index in [-0.39, 0.29) is 24.0 Å². The number of fused-ring (bicyclic) bond motifs is 1. The lowest BCUT2D eigenvalue weighted by atomic mass is 10.2. The van der Waals surface area contributed by atoms with Crippen molar-refractivity contribution in [3.05, 3.63) is 56.7 Å². The minimum absolute atomic E-state index is 0.264. The Kier molecular flexibility index (Phi) is 5.03. The number of rotatable bonds is 5. The summed E-state index contributed by atoms with van der Waals surface area (Å²) in [5, 5.41) is 3.55. The molecule has 0 saturated heterocycles. The number of H-pyrrole nitrogens is 1. The summed E-state index contributed by atoms with van der Waals surface area (Å²) in [5.74, 6) is -0.341. The van der Waals surface area contributed by atoms with Crippen molar-refractivity contribution in [2.75, 3.05) is 11.9 Å². The Morgan fingerprint density at radius 1 is 1.38 bits per heavy atom. The summed E-state index contributed by atoms with van der Waals surface area (Å²) in [6, 6.07) is 5.60. The number of esters is 1. The highest BCUT2D eigenvalue weighted by atomic mass is 32.1. The first-order valence-electron chi connectivity index (χ1n) is 8.13. The lowest BCUT2D eigenvalue weighted by Crippen LogP contribution is -2.17. The molecule has 1 aromatic carbocycles. The molecule has 0 aliphatic heterocycles. The molecule has 2 aromatic heterocycles. The first kappa shape index (κ1) is 18.1. The third-order valence-electron chi connectivity index (χ3n) is 3.92. The Hall–Kier alpha value is -2.74. The number of hydrogen-bond acceptors (Lipinski definition) is 6. The van der Waals surface area contributed by atoms with Crippen LogP contribution in [0.1, 0.15) is 40.9 Å². The highest BCUT2D eigenvalue weighted by molar-refractivity contribution is 7.20. The van der Waals surface area contributed by atoms with E-state index in [4.69, 9.17) is 4.74 Å². The van der Waals surface area contributed by atoms with Crippen LogP contribution in [0.25, 0.3) is 10.2 Å². The molecule has 0 amide bonds. The van der Waals surface area contributed by atoms with Crippen LogP contribution in [0.3, 0.4) is 0 Å². The van der Waals surface area contributed by atoms with Gasteiger partial charge in [0.1, 0.15) is 21.3 Å². The topological polar surface area (TPSA) is 84.1 Å². The van der Waals surface area contributed by atoms with Gasteiger partial charge in [0.15, 0.2) is 0 Å². The van der Waals surface area contributed by atoms with Gasteiger partial charge < -0.3 is 15.0 Å². The van der Waals surface area contributed by atoms with Crippen LogP contribution in [0.5, 0.6) is 0 Å². The standard InChI is InChI=1S/C18H18FN3O3S/c1-4-25-18(24)14-9(2)13-16(23)21-15(22-17(13)26-14)10(3)20-12-7-5-11(19)6-8-12/h5-8,10,20H,4H2,1-3H3,(H,21,22,23)/t10-/m1/s1. The van der Waals surface area contributed by atoms with Crippen LogP contribution < -0.4 is 10.9 Å². The van der Waals surface area contributed by atoms with Crippen molar-refractivity contribution in [2.45, 2.75) is 26.8 Å². The Morgan fingerprint density at radius 3 is 2.73 bits per heavy atom. The molecule has 0 aliphatic carbocycles. The smallest absolute Gasteiger partial charge is 0.348 e. The van der Waals surface area contributed by atoms with Gasteiger partial charge in [0, 0.05) is 5.69 Å². The van der Waals surface area contributed by atoms with Crippen LogP contribution in [0.2, 0.25) is 0 Å². The Morgan fingerprint density at radius 2 is 2.08 bits per heavy atom. The number of aromatic nitrogens is 2. The molecule has 1 atom stereocenters. The van der Waals surface area contributed by atoms with Gasteiger partial charge in [0.05, 0.1) is 18.0 Å². The van der Waals surface area contributed by atoms with Gasteiger partial charge in [-0.25, -0.2) is 14.2 Å². The fraction of sp³-hybridized carbons (Fsp3) is 0.278. The third-order valence-corrected chi connectivity index (χ3v) is 5.08.